The summed E-state index contributed by atoms with van der Waals surface area (Å²) in [4.78, 5) is 3.24. The lowest BCUT2D eigenvalue weighted by Crippen LogP contribution is -2.23. The molecular weight excluding hydrogens is 160 g/mol. The standard InChI is InChI=1S/C11H12N2/c1-2-11-9(4-6-13-11)10-7-12-5-3-8(1)10/h1-2,4,6,12-13H,3,5,7H2. The summed E-state index contributed by atoms with van der Waals surface area (Å²) < 4.78 is 0. The molecule has 0 saturated heterocycles. The molecule has 2 nitrogen and oxygen atoms in total. The quantitative estimate of drug-likeness (QED) is 0.623. The number of rotatable bonds is 0. The zero-order valence-corrected chi connectivity index (χ0v) is 7.43. The van der Waals surface area contributed by atoms with E-state index < -0.39 is 0 Å². The van der Waals surface area contributed by atoms with Gasteiger partial charge in [0.2, 0.25) is 0 Å². The lowest BCUT2D eigenvalue weighted by atomic mass is 9.98. The number of aromatic amines is 1. The molecule has 2 aromatic rings. The Morgan fingerprint density at radius 3 is 3.15 bits per heavy atom. The second-order valence-corrected chi connectivity index (χ2v) is 3.57. The maximum Gasteiger partial charge on any atom is 0.0457 e. The molecule has 0 unspecified atom stereocenters. The molecule has 0 aliphatic carbocycles. The van der Waals surface area contributed by atoms with Crippen LogP contribution in [0.4, 0.5) is 0 Å². The van der Waals surface area contributed by atoms with E-state index in [0.29, 0.717) is 0 Å². The molecule has 0 atom stereocenters. The van der Waals surface area contributed by atoms with Crippen LogP contribution in [-0.2, 0) is 13.0 Å². The van der Waals surface area contributed by atoms with E-state index >= 15 is 0 Å². The number of nitrogens with one attached hydrogen (secondary N) is 2. The highest BCUT2D eigenvalue weighted by Crippen LogP contribution is 2.23. The highest BCUT2D eigenvalue weighted by molar-refractivity contribution is 5.84. The number of hydrogen-bond donors (Lipinski definition) is 2. The van der Waals surface area contributed by atoms with Gasteiger partial charge in [-0.1, -0.05) is 6.07 Å². The van der Waals surface area contributed by atoms with E-state index in [4.69, 9.17) is 0 Å². The molecule has 0 amide bonds. The molecule has 0 radical (unpaired) electrons. The molecule has 2 heterocycles. The van der Waals surface area contributed by atoms with Crippen LogP contribution in [0.5, 0.6) is 0 Å². The molecule has 0 bridgehead atoms. The summed E-state index contributed by atoms with van der Waals surface area (Å²) in [5.41, 5.74) is 4.23. The predicted octanol–water partition coefficient (Wildman–Crippen LogP) is 1.81. The molecule has 0 spiro atoms. The number of benzene rings is 1. The average Bonchev–Trinajstić information content (AvgIpc) is 2.65. The van der Waals surface area contributed by atoms with Gasteiger partial charge in [-0.2, -0.15) is 0 Å². The Labute approximate surface area is 77.0 Å². The topological polar surface area (TPSA) is 27.8 Å². The normalized spacial score (nSPS) is 16.0. The van der Waals surface area contributed by atoms with E-state index in [2.05, 4.69) is 28.5 Å². The Kier molecular flexibility index (Phi) is 1.43. The lowest BCUT2D eigenvalue weighted by Gasteiger charge is -2.17. The molecule has 66 valence electrons. The van der Waals surface area contributed by atoms with Crippen LogP contribution in [0.2, 0.25) is 0 Å². The van der Waals surface area contributed by atoms with Gasteiger partial charge in [0, 0.05) is 23.6 Å². The second kappa shape index (κ2) is 2.60. The fourth-order valence-electron chi connectivity index (χ4n) is 2.12. The van der Waals surface area contributed by atoms with Gasteiger partial charge >= 0.3 is 0 Å². The van der Waals surface area contributed by atoms with Crippen molar-refractivity contribution in [3.8, 4) is 0 Å². The van der Waals surface area contributed by atoms with Gasteiger partial charge < -0.3 is 10.3 Å². The maximum atomic E-state index is 3.41. The third-order valence-corrected chi connectivity index (χ3v) is 2.82. The summed E-state index contributed by atoms with van der Waals surface area (Å²) in [7, 11) is 0. The van der Waals surface area contributed by atoms with Gasteiger partial charge in [0.25, 0.3) is 0 Å². The number of fused-ring (bicyclic) bond motifs is 3. The molecule has 2 N–H and O–H groups in total. The van der Waals surface area contributed by atoms with Crippen molar-refractivity contribution in [3.63, 3.8) is 0 Å². The number of aromatic nitrogens is 1. The van der Waals surface area contributed by atoms with Gasteiger partial charge in [-0.15, -0.1) is 0 Å². The van der Waals surface area contributed by atoms with Gasteiger partial charge in [-0.25, -0.2) is 0 Å². The van der Waals surface area contributed by atoms with Crippen LogP contribution < -0.4 is 5.32 Å². The van der Waals surface area contributed by atoms with Crippen LogP contribution >= 0.6 is 0 Å². The largest absolute Gasteiger partial charge is 0.361 e. The molecule has 13 heavy (non-hydrogen) atoms. The van der Waals surface area contributed by atoms with E-state index in [1.807, 2.05) is 6.20 Å². The highest BCUT2D eigenvalue weighted by atomic mass is 14.9. The van der Waals surface area contributed by atoms with Crippen molar-refractivity contribution in [1.29, 1.82) is 0 Å². The van der Waals surface area contributed by atoms with Crippen LogP contribution in [0.15, 0.2) is 24.4 Å². The Morgan fingerprint density at radius 1 is 1.15 bits per heavy atom. The van der Waals surface area contributed by atoms with Crippen LogP contribution in [0.1, 0.15) is 11.1 Å². The zero-order valence-electron chi connectivity index (χ0n) is 7.43. The predicted molar refractivity (Wildman–Crippen MR) is 53.7 cm³/mol. The van der Waals surface area contributed by atoms with Crippen LogP contribution in [0, 0.1) is 0 Å². The van der Waals surface area contributed by atoms with Gasteiger partial charge in [0.15, 0.2) is 0 Å². The Bertz CT molecular complexity index is 442. The first-order valence-electron chi connectivity index (χ1n) is 4.74. The lowest BCUT2D eigenvalue weighted by molar-refractivity contribution is 0.648. The fourth-order valence-corrected chi connectivity index (χ4v) is 2.12. The summed E-state index contributed by atoms with van der Waals surface area (Å²) in [5, 5.41) is 4.79. The van der Waals surface area contributed by atoms with E-state index in [-0.39, 0.29) is 0 Å². The van der Waals surface area contributed by atoms with E-state index in [1.54, 1.807) is 0 Å². The Hall–Kier alpha value is -1.28. The highest BCUT2D eigenvalue weighted by Gasteiger charge is 2.11. The Morgan fingerprint density at radius 2 is 2.15 bits per heavy atom. The first-order chi connectivity index (χ1) is 6.45. The van der Waals surface area contributed by atoms with Crippen LogP contribution in [0.25, 0.3) is 10.9 Å². The maximum absolute atomic E-state index is 3.41. The number of hydrogen-bond acceptors (Lipinski definition) is 1. The molecule has 0 fully saturated rings. The van der Waals surface area contributed by atoms with E-state index in [0.717, 1.165) is 19.5 Å². The molecule has 1 aliphatic rings. The van der Waals surface area contributed by atoms with Crippen molar-refractivity contribution < 1.29 is 0 Å². The summed E-state index contributed by atoms with van der Waals surface area (Å²) in [5.74, 6) is 0. The minimum Gasteiger partial charge on any atom is -0.361 e. The first-order valence-corrected chi connectivity index (χ1v) is 4.74. The summed E-state index contributed by atoms with van der Waals surface area (Å²) in [6.45, 7) is 2.13. The average molecular weight is 172 g/mol. The Balaban J connectivity index is 2.34. The van der Waals surface area contributed by atoms with E-state index in [9.17, 15) is 0 Å². The van der Waals surface area contributed by atoms with Crippen molar-refractivity contribution >= 4 is 10.9 Å². The van der Waals surface area contributed by atoms with E-state index in [1.165, 1.54) is 22.0 Å². The molecule has 3 rings (SSSR count). The molecule has 1 aliphatic heterocycles. The summed E-state index contributed by atoms with van der Waals surface area (Å²) in [6.07, 6.45) is 3.18. The molecule has 1 aromatic heterocycles. The minimum atomic E-state index is 1.02. The first kappa shape index (κ1) is 7.15. The smallest absolute Gasteiger partial charge is 0.0457 e. The molecular formula is C11H12N2. The third kappa shape index (κ3) is 0.988. The zero-order chi connectivity index (χ0) is 8.67. The number of H-pyrrole nitrogens is 1. The van der Waals surface area contributed by atoms with Gasteiger partial charge in [-0.05, 0) is 36.2 Å². The van der Waals surface area contributed by atoms with Gasteiger partial charge in [-0.3, -0.25) is 0 Å². The fraction of sp³-hybridized carbons (Fsp3) is 0.273. The molecule has 1 aromatic carbocycles. The third-order valence-electron chi connectivity index (χ3n) is 2.82. The molecule has 2 heteroatoms. The monoisotopic (exact) mass is 172 g/mol. The van der Waals surface area contributed by atoms with Crippen molar-refractivity contribution in [1.82, 2.24) is 10.3 Å². The van der Waals surface area contributed by atoms with Crippen molar-refractivity contribution in [2.45, 2.75) is 13.0 Å². The summed E-state index contributed by atoms with van der Waals surface area (Å²) in [6, 6.07) is 6.59. The van der Waals surface area contributed by atoms with Crippen LogP contribution in [0.3, 0.4) is 0 Å². The van der Waals surface area contributed by atoms with Gasteiger partial charge in [0.1, 0.15) is 0 Å². The van der Waals surface area contributed by atoms with Crippen molar-refractivity contribution in [2.24, 2.45) is 0 Å². The van der Waals surface area contributed by atoms with Gasteiger partial charge in [0.05, 0.1) is 0 Å². The minimum absolute atomic E-state index is 1.02. The van der Waals surface area contributed by atoms with Crippen LogP contribution in [-0.4, -0.2) is 11.5 Å². The van der Waals surface area contributed by atoms with Crippen molar-refractivity contribution in [3.05, 3.63) is 35.5 Å². The second-order valence-electron chi connectivity index (χ2n) is 3.57. The molecule has 0 saturated carbocycles. The SMILES string of the molecule is c1cc2c3c(ccc2[nH]1)CCNC3. The van der Waals surface area contributed by atoms with Crippen molar-refractivity contribution in [2.75, 3.05) is 6.54 Å². The summed E-state index contributed by atoms with van der Waals surface area (Å²) >= 11 is 0.